The van der Waals surface area contributed by atoms with E-state index in [2.05, 4.69) is 10.3 Å². The highest BCUT2D eigenvalue weighted by atomic mass is 16.6. The summed E-state index contributed by atoms with van der Waals surface area (Å²) in [5.41, 5.74) is 1.19. The number of pyridine rings is 1. The van der Waals surface area contributed by atoms with Crippen molar-refractivity contribution in [3.8, 4) is 5.88 Å². The van der Waals surface area contributed by atoms with Crippen LogP contribution in [0, 0.1) is 10.1 Å². The van der Waals surface area contributed by atoms with Gasteiger partial charge in [-0.15, -0.1) is 0 Å². The van der Waals surface area contributed by atoms with Gasteiger partial charge in [0.2, 0.25) is 5.88 Å². The molecule has 1 aromatic carbocycles. The van der Waals surface area contributed by atoms with Gasteiger partial charge in [-0.25, -0.2) is 9.78 Å². The smallest absolute Gasteiger partial charge is 0.407 e. The molecule has 0 aliphatic heterocycles. The van der Waals surface area contributed by atoms with Gasteiger partial charge in [0.15, 0.2) is 0 Å². The zero-order chi connectivity index (χ0) is 18.1. The van der Waals surface area contributed by atoms with E-state index in [0.717, 1.165) is 11.8 Å². The van der Waals surface area contributed by atoms with Crippen molar-refractivity contribution in [2.75, 3.05) is 13.7 Å². The summed E-state index contributed by atoms with van der Waals surface area (Å²) in [7, 11) is 1.42. The largest absolute Gasteiger partial charge is 0.481 e. The summed E-state index contributed by atoms with van der Waals surface area (Å²) in [6.45, 7) is 0.373. The predicted molar refractivity (Wildman–Crippen MR) is 91.1 cm³/mol. The first-order valence-corrected chi connectivity index (χ1v) is 7.39. The molecule has 8 nitrogen and oxygen atoms in total. The van der Waals surface area contributed by atoms with Crippen molar-refractivity contribution < 1.29 is 19.2 Å². The van der Waals surface area contributed by atoms with E-state index in [1.165, 1.54) is 13.2 Å². The number of nitrogens with one attached hydrogen (secondary N) is 1. The zero-order valence-electron chi connectivity index (χ0n) is 13.5. The first-order valence-electron chi connectivity index (χ1n) is 7.39. The molecule has 0 bridgehead atoms. The summed E-state index contributed by atoms with van der Waals surface area (Å²) in [5, 5.41) is 13.3. The van der Waals surface area contributed by atoms with Gasteiger partial charge in [0.25, 0.3) is 5.69 Å². The number of aromatic nitrogens is 1. The minimum Gasteiger partial charge on any atom is -0.481 e. The molecule has 0 fully saturated rings. The Morgan fingerprint density at radius 1 is 1.36 bits per heavy atom. The van der Waals surface area contributed by atoms with E-state index in [0.29, 0.717) is 5.56 Å². The van der Waals surface area contributed by atoms with Crippen LogP contribution in [-0.4, -0.2) is 29.7 Å². The van der Waals surface area contributed by atoms with Crippen molar-refractivity contribution in [2.45, 2.75) is 6.61 Å². The number of ether oxygens (including phenoxy) is 2. The first kappa shape index (κ1) is 17.9. The molecule has 0 unspecified atom stereocenters. The van der Waals surface area contributed by atoms with Crippen LogP contribution in [0.15, 0.2) is 48.7 Å². The van der Waals surface area contributed by atoms with Crippen LogP contribution in [0.3, 0.4) is 0 Å². The molecule has 1 amide bonds. The maximum absolute atomic E-state index is 11.6. The molecule has 1 aromatic heterocycles. The Hall–Kier alpha value is -3.42. The molecule has 2 aromatic rings. The monoisotopic (exact) mass is 343 g/mol. The average Bonchev–Trinajstić information content (AvgIpc) is 2.64. The Morgan fingerprint density at radius 2 is 2.12 bits per heavy atom. The third-order valence-electron chi connectivity index (χ3n) is 3.14. The van der Waals surface area contributed by atoms with Gasteiger partial charge in [-0.3, -0.25) is 10.1 Å². The fourth-order valence-electron chi connectivity index (χ4n) is 1.95. The van der Waals surface area contributed by atoms with Gasteiger partial charge in [-0.1, -0.05) is 42.5 Å². The number of rotatable bonds is 7. The number of hydrogen-bond donors (Lipinski definition) is 1. The summed E-state index contributed by atoms with van der Waals surface area (Å²) in [6.07, 6.45) is 3.76. The Balaban J connectivity index is 1.85. The molecule has 25 heavy (non-hydrogen) atoms. The Labute approximate surface area is 144 Å². The highest BCUT2D eigenvalue weighted by Gasteiger charge is 2.10. The highest BCUT2D eigenvalue weighted by Crippen LogP contribution is 2.21. The standard InChI is InChI=1S/C17H17N3O5/c1-24-16-14(10-15(11-19-16)20(22)23)8-5-9-18-17(21)25-12-13-6-3-2-4-7-13/h2-8,10-11H,9,12H2,1H3,(H,18,21). The third kappa shape index (κ3) is 5.61. The quantitative estimate of drug-likeness (QED) is 0.612. The second-order valence-electron chi connectivity index (χ2n) is 4.89. The summed E-state index contributed by atoms with van der Waals surface area (Å²) >= 11 is 0. The molecule has 0 spiro atoms. The summed E-state index contributed by atoms with van der Waals surface area (Å²) in [4.78, 5) is 25.7. The fraction of sp³-hybridized carbons (Fsp3) is 0.176. The van der Waals surface area contributed by atoms with Gasteiger partial charge in [0.1, 0.15) is 12.8 Å². The molecule has 0 saturated carbocycles. The number of amides is 1. The molecular formula is C17H17N3O5. The minimum absolute atomic E-state index is 0.143. The van der Waals surface area contributed by atoms with Crippen molar-refractivity contribution in [3.63, 3.8) is 0 Å². The summed E-state index contributed by atoms with van der Waals surface area (Å²) in [6, 6.07) is 10.7. The lowest BCUT2D eigenvalue weighted by Crippen LogP contribution is -2.24. The van der Waals surface area contributed by atoms with E-state index >= 15 is 0 Å². The Kier molecular flexibility index (Phi) is 6.47. The number of alkyl carbamates (subject to hydrolysis) is 1. The van der Waals surface area contributed by atoms with Crippen LogP contribution in [-0.2, 0) is 11.3 Å². The summed E-state index contributed by atoms with van der Waals surface area (Å²) < 4.78 is 10.1. The number of benzene rings is 1. The van der Waals surface area contributed by atoms with Crippen LogP contribution < -0.4 is 10.1 Å². The van der Waals surface area contributed by atoms with Gasteiger partial charge >= 0.3 is 6.09 Å². The van der Waals surface area contributed by atoms with E-state index in [9.17, 15) is 14.9 Å². The van der Waals surface area contributed by atoms with Crippen molar-refractivity contribution in [1.82, 2.24) is 10.3 Å². The van der Waals surface area contributed by atoms with Crippen LogP contribution in [0.5, 0.6) is 5.88 Å². The first-order chi connectivity index (χ1) is 12.1. The molecule has 8 heteroatoms. The van der Waals surface area contributed by atoms with E-state index in [1.54, 1.807) is 12.2 Å². The highest BCUT2D eigenvalue weighted by molar-refractivity contribution is 5.67. The Morgan fingerprint density at radius 3 is 2.80 bits per heavy atom. The molecule has 0 saturated heterocycles. The van der Waals surface area contributed by atoms with Crippen molar-refractivity contribution in [3.05, 3.63) is 69.9 Å². The lowest BCUT2D eigenvalue weighted by Gasteiger charge is -2.05. The molecular weight excluding hydrogens is 326 g/mol. The number of carbonyl (C=O) groups excluding carboxylic acids is 1. The van der Waals surface area contributed by atoms with Gasteiger partial charge in [-0.2, -0.15) is 0 Å². The normalized spacial score (nSPS) is 10.4. The minimum atomic E-state index is -0.558. The predicted octanol–water partition coefficient (Wildman–Crippen LogP) is 2.94. The number of carbonyl (C=O) groups is 1. The second kappa shape index (κ2) is 9.02. The third-order valence-corrected chi connectivity index (χ3v) is 3.14. The van der Waals surface area contributed by atoms with Crippen LogP contribution >= 0.6 is 0 Å². The molecule has 0 aliphatic rings. The maximum Gasteiger partial charge on any atom is 0.407 e. The van der Waals surface area contributed by atoms with E-state index in [-0.39, 0.29) is 24.7 Å². The second-order valence-corrected chi connectivity index (χ2v) is 4.89. The van der Waals surface area contributed by atoms with Crippen molar-refractivity contribution >= 4 is 17.9 Å². The molecule has 130 valence electrons. The van der Waals surface area contributed by atoms with Crippen LogP contribution in [0.2, 0.25) is 0 Å². The number of nitro groups is 1. The molecule has 0 aliphatic carbocycles. The van der Waals surface area contributed by atoms with Crippen LogP contribution in [0.4, 0.5) is 10.5 Å². The Bertz CT molecular complexity index is 762. The maximum atomic E-state index is 11.6. The molecule has 1 heterocycles. The molecule has 2 rings (SSSR count). The fourth-order valence-corrected chi connectivity index (χ4v) is 1.95. The van der Waals surface area contributed by atoms with Crippen molar-refractivity contribution in [2.24, 2.45) is 0 Å². The topological polar surface area (TPSA) is 104 Å². The van der Waals surface area contributed by atoms with Crippen LogP contribution in [0.25, 0.3) is 6.08 Å². The van der Waals surface area contributed by atoms with E-state index in [1.807, 2.05) is 30.3 Å². The van der Waals surface area contributed by atoms with Gasteiger partial charge in [0, 0.05) is 18.2 Å². The SMILES string of the molecule is COc1ncc([N+](=O)[O-])cc1C=CCNC(=O)OCc1ccccc1. The van der Waals surface area contributed by atoms with Gasteiger partial charge in [-0.05, 0) is 5.56 Å². The van der Waals surface area contributed by atoms with Crippen molar-refractivity contribution in [1.29, 1.82) is 0 Å². The van der Waals surface area contributed by atoms with Crippen LogP contribution in [0.1, 0.15) is 11.1 Å². The van der Waals surface area contributed by atoms with Gasteiger partial charge < -0.3 is 14.8 Å². The zero-order valence-corrected chi connectivity index (χ0v) is 13.5. The number of hydrogen-bond acceptors (Lipinski definition) is 6. The molecule has 0 atom stereocenters. The number of nitrogens with zero attached hydrogens (tertiary/aromatic N) is 2. The van der Waals surface area contributed by atoms with Gasteiger partial charge in [0.05, 0.1) is 12.0 Å². The lowest BCUT2D eigenvalue weighted by atomic mass is 10.2. The number of methoxy groups -OCH3 is 1. The summed E-state index contributed by atoms with van der Waals surface area (Å²) in [5.74, 6) is 0.258. The van der Waals surface area contributed by atoms with E-state index < -0.39 is 11.0 Å². The molecule has 0 radical (unpaired) electrons. The van der Waals surface area contributed by atoms with E-state index in [4.69, 9.17) is 9.47 Å². The molecule has 1 N–H and O–H groups in total. The average molecular weight is 343 g/mol. The lowest BCUT2D eigenvalue weighted by molar-refractivity contribution is -0.385.